The molecule has 130 valence electrons. The van der Waals surface area contributed by atoms with Gasteiger partial charge in [-0.15, -0.1) is 34.2 Å². The zero-order valence-corrected chi connectivity index (χ0v) is 16.0. The maximum atomic E-state index is 13.2. The number of nitrogens with one attached hydrogen (secondary N) is 2. The van der Waals surface area contributed by atoms with Gasteiger partial charge in [-0.25, -0.2) is 9.38 Å². The number of nitrogens with zero attached hydrogens (tertiary/aromatic N) is 4. The van der Waals surface area contributed by atoms with Crippen LogP contribution in [0.3, 0.4) is 0 Å². The van der Waals surface area contributed by atoms with E-state index in [1.807, 2.05) is 13.0 Å². The number of benzene rings is 1. The molecule has 1 aromatic heterocycles. The smallest absolute Gasteiger partial charge is 0.191 e. The van der Waals surface area contributed by atoms with Crippen molar-refractivity contribution in [2.45, 2.75) is 39.4 Å². The van der Waals surface area contributed by atoms with Gasteiger partial charge in [0.1, 0.15) is 11.6 Å². The normalized spacial score (nSPS) is 13.3. The Bertz CT molecular complexity index is 700. The largest absolute Gasteiger partial charge is 0.357 e. The van der Waals surface area contributed by atoms with Crippen molar-refractivity contribution in [3.8, 4) is 0 Å². The molecule has 8 heteroatoms. The Kier molecular flexibility index (Phi) is 6.95. The third-order valence-electron chi connectivity index (χ3n) is 3.75. The fraction of sp³-hybridized carbons (Fsp3) is 0.438. The standard InChI is InChI=1S/C16H21FN6.HI/c1-2-18-16(19-10-12-5-3-6-13(17)9-12)20-11-15-22-21-14-7-4-8-23(14)15;/h3,5-6,9H,2,4,7-8,10-11H2,1H3,(H2,18,19,20);1H. The van der Waals surface area contributed by atoms with Crippen molar-refractivity contribution in [1.82, 2.24) is 25.4 Å². The predicted octanol–water partition coefficient (Wildman–Crippen LogP) is 2.24. The fourth-order valence-electron chi connectivity index (χ4n) is 2.65. The zero-order valence-electron chi connectivity index (χ0n) is 13.6. The van der Waals surface area contributed by atoms with Crippen LogP contribution < -0.4 is 10.6 Å². The maximum Gasteiger partial charge on any atom is 0.191 e. The molecule has 2 heterocycles. The number of aromatic nitrogens is 3. The van der Waals surface area contributed by atoms with E-state index in [0.29, 0.717) is 19.0 Å². The SMILES string of the molecule is CCNC(=NCc1cccc(F)c1)NCc1nnc2n1CCC2.I. The van der Waals surface area contributed by atoms with Crippen LogP contribution in [0.5, 0.6) is 0 Å². The summed E-state index contributed by atoms with van der Waals surface area (Å²) in [4.78, 5) is 4.49. The van der Waals surface area contributed by atoms with Crippen LogP contribution in [0.25, 0.3) is 0 Å². The minimum atomic E-state index is -0.241. The van der Waals surface area contributed by atoms with Crippen molar-refractivity contribution in [2.24, 2.45) is 4.99 Å². The minimum absolute atomic E-state index is 0. The summed E-state index contributed by atoms with van der Waals surface area (Å²) in [6.07, 6.45) is 2.13. The summed E-state index contributed by atoms with van der Waals surface area (Å²) in [6, 6.07) is 6.49. The van der Waals surface area contributed by atoms with Crippen LogP contribution in [-0.4, -0.2) is 27.3 Å². The van der Waals surface area contributed by atoms with Gasteiger partial charge in [0.05, 0.1) is 13.1 Å². The van der Waals surface area contributed by atoms with Crippen LogP contribution in [0.4, 0.5) is 4.39 Å². The molecule has 0 saturated carbocycles. The van der Waals surface area contributed by atoms with Crippen molar-refractivity contribution in [3.63, 3.8) is 0 Å². The lowest BCUT2D eigenvalue weighted by Gasteiger charge is -2.11. The molecule has 1 aliphatic rings. The molecule has 0 spiro atoms. The zero-order chi connectivity index (χ0) is 16.1. The fourth-order valence-corrected chi connectivity index (χ4v) is 2.65. The van der Waals surface area contributed by atoms with E-state index in [0.717, 1.165) is 43.1 Å². The lowest BCUT2D eigenvalue weighted by molar-refractivity contribution is 0.625. The average Bonchev–Trinajstić information content (AvgIpc) is 3.14. The van der Waals surface area contributed by atoms with Gasteiger partial charge < -0.3 is 15.2 Å². The molecular weight excluding hydrogens is 422 g/mol. The number of guanidine groups is 1. The second kappa shape index (κ2) is 8.95. The summed E-state index contributed by atoms with van der Waals surface area (Å²) in [5, 5.41) is 14.9. The number of aliphatic imine (C=N–C) groups is 1. The first-order chi connectivity index (χ1) is 11.3. The van der Waals surface area contributed by atoms with Crippen molar-refractivity contribution < 1.29 is 4.39 Å². The lowest BCUT2D eigenvalue weighted by Crippen LogP contribution is -2.37. The van der Waals surface area contributed by atoms with E-state index < -0.39 is 0 Å². The van der Waals surface area contributed by atoms with Gasteiger partial charge in [-0.05, 0) is 31.0 Å². The molecule has 0 bridgehead atoms. The molecule has 1 aliphatic heterocycles. The van der Waals surface area contributed by atoms with E-state index in [9.17, 15) is 4.39 Å². The molecule has 3 rings (SSSR count). The Morgan fingerprint density at radius 1 is 1.33 bits per heavy atom. The molecule has 24 heavy (non-hydrogen) atoms. The molecule has 1 aromatic carbocycles. The van der Waals surface area contributed by atoms with E-state index in [4.69, 9.17) is 0 Å². The highest BCUT2D eigenvalue weighted by atomic mass is 127. The molecule has 0 unspecified atom stereocenters. The molecule has 0 aliphatic carbocycles. The predicted molar refractivity (Wildman–Crippen MR) is 102 cm³/mol. The number of aryl methyl sites for hydroxylation is 1. The second-order valence-electron chi connectivity index (χ2n) is 5.47. The van der Waals surface area contributed by atoms with Crippen LogP contribution in [-0.2, 0) is 26.1 Å². The van der Waals surface area contributed by atoms with Crippen LogP contribution in [0, 0.1) is 5.82 Å². The molecule has 0 atom stereocenters. The molecule has 0 saturated heterocycles. The summed E-state index contributed by atoms with van der Waals surface area (Å²) < 4.78 is 15.4. The number of fused-ring (bicyclic) bond motifs is 1. The third kappa shape index (κ3) is 4.65. The van der Waals surface area contributed by atoms with Gasteiger partial charge in [0.25, 0.3) is 0 Å². The highest BCUT2D eigenvalue weighted by Gasteiger charge is 2.16. The highest BCUT2D eigenvalue weighted by molar-refractivity contribution is 14.0. The van der Waals surface area contributed by atoms with Crippen LogP contribution in [0.1, 0.15) is 30.6 Å². The summed E-state index contributed by atoms with van der Waals surface area (Å²) in [7, 11) is 0. The average molecular weight is 444 g/mol. The first-order valence-corrected chi connectivity index (χ1v) is 7.94. The van der Waals surface area contributed by atoms with Gasteiger partial charge in [-0.3, -0.25) is 0 Å². The van der Waals surface area contributed by atoms with Gasteiger partial charge in [0.2, 0.25) is 0 Å². The van der Waals surface area contributed by atoms with E-state index in [2.05, 4.69) is 30.4 Å². The van der Waals surface area contributed by atoms with E-state index >= 15 is 0 Å². The first kappa shape index (κ1) is 18.6. The quantitative estimate of drug-likeness (QED) is 0.422. The summed E-state index contributed by atoms with van der Waals surface area (Å²) in [5.41, 5.74) is 0.838. The number of halogens is 2. The van der Waals surface area contributed by atoms with E-state index in [1.165, 1.54) is 12.1 Å². The molecule has 0 radical (unpaired) electrons. The van der Waals surface area contributed by atoms with Crippen molar-refractivity contribution in [1.29, 1.82) is 0 Å². The summed E-state index contributed by atoms with van der Waals surface area (Å²) in [6.45, 7) is 4.74. The van der Waals surface area contributed by atoms with E-state index in [-0.39, 0.29) is 29.8 Å². The Hall–Kier alpha value is -1.71. The highest BCUT2D eigenvalue weighted by Crippen LogP contribution is 2.13. The van der Waals surface area contributed by atoms with Crippen LogP contribution in [0.2, 0.25) is 0 Å². The molecule has 2 aromatic rings. The Labute approximate surface area is 158 Å². The van der Waals surface area contributed by atoms with Gasteiger partial charge >= 0.3 is 0 Å². The first-order valence-electron chi connectivity index (χ1n) is 7.94. The number of hydrogen-bond donors (Lipinski definition) is 2. The topological polar surface area (TPSA) is 67.1 Å². The number of rotatable bonds is 5. The van der Waals surface area contributed by atoms with Gasteiger partial charge in [-0.1, -0.05) is 12.1 Å². The summed E-state index contributed by atoms with van der Waals surface area (Å²) >= 11 is 0. The van der Waals surface area contributed by atoms with Crippen molar-refractivity contribution in [3.05, 3.63) is 47.3 Å². The number of hydrogen-bond acceptors (Lipinski definition) is 3. The lowest BCUT2D eigenvalue weighted by atomic mass is 10.2. The molecular formula is C16H22FIN6. The van der Waals surface area contributed by atoms with Crippen LogP contribution >= 0.6 is 24.0 Å². The Morgan fingerprint density at radius 2 is 2.21 bits per heavy atom. The Balaban J connectivity index is 0.00000208. The van der Waals surface area contributed by atoms with Gasteiger partial charge in [-0.2, -0.15) is 0 Å². The second-order valence-corrected chi connectivity index (χ2v) is 5.47. The molecule has 2 N–H and O–H groups in total. The minimum Gasteiger partial charge on any atom is -0.357 e. The monoisotopic (exact) mass is 444 g/mol. The third-order valence-corrected chi connectivity index (χ3v) is 3.75. The maximum absolute atomic E-state index is 13.2. The molecule has 0 amide bonds. The molecule has 6 nitrogen and oxygen atoms in total. The van der Waals surface area contributed by atoms with Gasteiger partial charge in [0, 0.05) is 19.5 Å². The van der Waals surface area contributed by atoms with E-state index in [1.54, 1.807) is 6.07 Å². The van der Waals surface area contributed by atoms with Crippen molar-refractivity contribution in [2.75, 3.05) is 6.54 Å². The van der Waals surface area contributed by atoms with Gasteiger partial charge in [0.15, 0.2) is 11.8 Å². The summed E-state index contributed by atoms with van der Waals surface area (Å²) in [5.74, 6) is 2.43. The van der Waals surface area contributed by atoms with Crippen LogP contribution in [0.15, 0.2) is 29.3 Å². The van der Waals surface area contributed by atoms with Crippen molar-refractivity contribution >= 4 is 29.9 Å². The Morgan fingerprint density at radius 3 is 3.00 bits per heavy atom. The molecule has 0 fully saturated rings.